The Morgan fingerprint density at radius 1 is 1.11 bits per heavy atom. The van der Waals surface area contributed by atoms with Gasteiger partial charge in [-0.15, -0.1) is 0 Å². The highest BCUT2D eigenvalue weighted by atomic mass is 16.1. The third-order valence-electron chi connectivity index (χ3n) is 5.81. The lowest BCUT2D eigenvalue weighted by Gasteiger charge is -2.18. The van der Waals surface area contributed by atoms with Crippen LogP contribution in [0.4, 0.5) is 0 Å². The first-order chi connectivity index (χ1) is 13.2. The number of carbonyl (C=O) groups excluding carboxylic acids is 1. The van der Waals surface area contributed by atoms with Crippen molar-refractivity contribution in [3.05, 3.63) is 47.5 Å². The van der Waals surface area contributed by atoms with Crippen molar-refractivity contribution in [3.8, 4) is 0 Å². The van der Waals surface area contributed by atoms with Gasteiger partial charge in [0.25, 0.3) is 0 Å². The van der Waals surface area contributed by atoms with E-state index in [-0.39, 0.29) is 1.43 Å². The number of nitrogens with zero attached hydrogens (tertiary/aromatic N) is 1. The van der Waals surface area contributed by atoms with Crippen LogP contribution in [0.15, 0.2) is 36.4 Å². The molecule has 1 fully saturated rings. The van der Waals surface area contributed by atoms with Crippen molar-refractivity contribution in [2.24, 2.45) is 5.92 Å². The number of aryl methyl sites for hydroxylation is 1. The molecule has 0 saturated carbocycles. The molecular formula is C25H41NO. The van der Waals surface area contributed by atoms with E-state index in [1.165, 1.54) is 49.9 Å². The minimum absolute atomic E-state index is 0. The van der Waals surface area contributed by atoms with E-state index in [9.17, 15) is 4.79 Å². The van der Waals surface area contributed by atoms with E-state index >= 15 is 0 Å². The van der Waals surface area contributed by atoms with Crippen molar-refractivity contribution in [3.63, 3.8) is 0 Å². The molecule has 0 amide bonds. The summed E-state index contributed by atoms with van der Waals surface area (Å²) >= 11 is 0. The van der Waals surface area contributed by atoms with Crippen molar-refractivity contribution >= 4 is 5.78 Å². The molecule has 2 heteroatoms. The van der Waals surface area contributed by atoms with Crippen molar-refractivity contribution in [1.29, 1.82) is 0 Å². The van der Waals surface area contributed by atoms with Crippen LogP contribution in [0.25, 0.3) is 0 Å². The van der Waals surface area contributed by atoms with E-state index in [0.29, 0.717) is 24.5 Å². The van der Waals surface area contributed by atoms with Crippen LogP contribution in [-0.2, 0) is 17.6 Å². The maximum atomic E-state index is 12.2. The summed E-state index contributed by atoms with van der Waals surface area (Å²) in [5.74, 6) is 0.949. The third kappa shape index (κ3) is 8.88. The highest BCUT2D eigenvalue weighted by molar-refractivity contribution is 5.79. The molecule has 1 heterocycles. The molecular weight excluding hydrogens is 330 g/mol. The summed E-state index contributed by atoms with van der Waals surface area (Å²) in [5.41, 5.74) is 2.90. The highest BCUT2D eigenvalue weighted by Gasteiger charge is 2.10. The van der Waals surface area contributed by atoms with Crippen molar-refractivity contribution in [2.75, 3.05) is 19.6 Å². The van der Waals surface area contributed by atoms with Crippen molar-refractivity contribution < 1.29 is 6.22 Å². The Labute approximate surface area is 168 Å². The lowest BCUT2D eigenvalue weighted by atomic mass is 9.92. The smallest absolute Gasteiger partial charge is 0.136 e. The molecule has 1 saturated heterocycles. The molecule has 2 nitrogen and oxygen atoms in total. The molecule has 1 unspecified atom stereocenters. The normalized spacial score (nSPS) is 17.1. The van der Waals surface area contributed by atoms with E-state index in [4.69, 9.17) is 0 Å². The molecule has 27 heavy (non-hydrogen) atoms. The second kappa shape index (κ2) is 12.9. The van der Waals surface area contributed by atoms with Crippen LogP contribution < -0.4 is 0 Å². The Morgan fingerprint density at radius 2 is 1.81 bits per heavy atom. The summed E-state index contributed by atoms with van der Waals surface area (Å²) in [5, 5.41) is 0. The monoisotopic (exact) mass is 371 g/mol. The summed E-state index contributed by atoms with van der Waals surface area (Å²) in [6.45, 7) is 8.15. The second-order valence-corrected chi connectivity index (χ2v) is 8.23. The summed E-state index contributed by atoms with van der Waals surface area (Å²) in [6.07, 6.45) is 15.4. The van der Waals surface area contributed by atoms with Crippen LogP contribution in [0.1, 0.15) is 77.8 Å². The van der Waals surface area contributed by atoms with Crippen molar-refractivity contribution in [1.82, 2.24) is 4.90 Å². The predicted molar refractivity (Wildman–Crippen MR) is 118 cm³/mol. The number of ketones is 1. The molecule has 0 radical (unpaired) electrons. The lowest BCUT2D eigenvalue weighted by Crippen LogP contribution is -2.25. The van der Waals surface area contributed by atoms with Gasteiger partial charge >= 0.3 is 0 Å². The summed E-state index contributed by atoms with van der Waals surface area (Å²) in [7, 11) is 0. The maximum absolute atomic E-state index is 12.2. The summed E-state index contributed by atoms with van der Waals surface area (Å²) in [6, 6.07) is 8.71. The van der Waals surface area contributed by atoms with Crippen LogP contribution in [0.2, 0.25) is 0 Å². The zero-order chi connectivity index (χ0) is 19.3. The third-order valence-corrected chi connectivity index (χ3v) is 5.81. The zero-order valence-corrected chi connectivity index (χ0v) is 17.6. The zero-order valence-electron chi connectivity index (χ0n) is 17.6. The Kier molecular flexibility index (Phi) is 10.4. The van der Waals surface area contributed by atoms with E-state index in [2.05, 4.69) is 55.2 Å². The molecule has 0 aliphatic carbocycles. The van der Waals surface area contributed by atoms with Gasteiger partial charge < -0.3 is 4.90 Å². The van der Waals surface area contributed by atoms with Gasteiger partial charge in [-0.05, 0) is 68.7 Å². The number of likely N-dealkylation sites (tertiary alicyclic amines) is 1. The second-order valence-electron chi connectivity index (χ2n) is 8.23. The average Bonchev–Trinajstić information content (AvgIpc) is 2.95. The van der Waals surface area contributed by atoms with Gasteiger partial charge in [-0.3, -0.25) is 4.79 Å². The number of hydrogen-bond donors (Lipinski definition) is 0. The number of allylic oxidation sites excluding steroid dienone is 1. The fourth-order valence-electron chi connectivity index (χ4n) is 4.04. The Bertz CT molecular complexity index is 576. The van der Waals surface area contributed by atoms with E-state index < -0.39 is 0 Å². The van der Waals surface area contributed by atoms with Crippen LogP contribution >= 0.6 is 0 Å². The van der Waals surface area contributed by atoms with Gasteiger partial charge in [0.1, 0.15) is 5.78 Å². The van der Waals surface area contributed by atoms with Crippen LogP contribution in [0.3, 0.4) is 0 Å². The number of carbonyl (C=O) groups is 1. The molecule has 2 rings (SSSR count). The van der Waals surface area contributed by atoms with Crippen molar-refractivity contribution in [2.45, 2.75) is 78.1 Å². The first-order valence-electron chi connectivity index (χ1n) is 11.1. The lowest BCUT2D eigenvalue weighted by molar-refractivity contribution is -0.118. The summed E-state index contributed by atoms with van der Waals surface area (Å²) in [4.78, 5) is 14.8. The van der Waals surface area contributed by atoms with Crippen LogP contribution in [0.5, 0.6) is 0 Å². The van der Waals surface area contributed by atoms with E-state index in [0.717, 1.165) is 32.2 Å². The predicted octanol–water partition coefficient (Wildman–Crippen LogP) is 6.24. The first-order valence-corrected chi connectivity index (χ1v) is 11.1. The Hall–Kier alpha value is -1.41. The molecule has 1 aromatic carbocycles. The van der Waals surface area contributed by atoms with Gasteiger partial charge in [0.05, 0.1) is 0 Å². The molecule has 1 aliphatic heterocycles. The van der Waals surface area contributed by atoms with Gasteiger partial charge in [0.2, 0.25) is 0 Å². The quantitative estimate of drug-likeness (QED) is 0.429. The maximum Gasteiger partial charge on any atom is 0.136 e. The molecule has 0 bridgehead atoms. The summed E-state index contributed by atoms with van der Waals surface area (Å²) < 4.78 is 0. The Balaban J connectivity index is 0.00000392. The molecule has 0 spiro atoms. The molecule has 1 aromatic rings. The highest BCUT2D eigenvalue weighted by Crippen LogP contribution is 2.18. The standard InChI is InChI=1S/C25H39NO.H2/c1-3-23-13-8-9-14-24(23)21-22(2)16-17-25(27)15-7-6-12-20-26-18-10-4-5-11-19-26;/h6-9,13-14,22H,3-5,10-12,15-21H2,1-2H3;1H/b7-6+;. The SMILES string of the molecule is CCc1ccccc1CC(C)CCC(=O)C/C=C/CCN1CCCCCC1.[HH]. The van der Waals surface area contributed by atoms with E-state index in [1.54, 1.807) is 0 Å². The number of Topliss-reactive ketones (excluding diaryl/α,β-unsaturated/α-hetero) is 1. The minimum Gasteiger partial charge on any atom is -0.303 e. The van der Waals surface area contributed by atoms with Gasteiger partial charge in [-0.25, -0.2) is 0 Å². The fourth-order valence-corrected chi connectivity index (χ4v) is 4.04. The van der Waals surface area contributed by atoms with Crippen LogP contribution in [0, 0.1) is 5.92 Å². The average molecular weight is 372 g/mol. The first kappa shape index (κ1) is 21.9. The number of rotatable bonds is 11. The van der Waals surface area contributed by atoms with Gasteiger partial charge in [0, 0.05) is 20.8 Å². The Morgan fingerprint density at radius 3 is 2.52 bits per heavy atom. The van der Waals surface area contributed by atoms with E-state index in [1.807, 2.05) is 0 Å². The minimum atomic E-state index is 0. The molecule has 0 aromatic heterocycles. The molecule has 152 valence electrons. The number of benzene rings is 1. The molecule has 1 atom stereocenters. The van der Waals surface area contributed by atoms with Gasteiger partial charge in [0.15, 0.2) is 0 Å². The molecule has 0 N–H and O–H groups in total. The molecule has 1 aliphatic rings. The van der Waals surface area contributed by atoms with Gasteiger partial charge in [-0.2, -0.15) is 0 Å². The topological polar surface area (TPSA) is 20.3 Å². The number of hydrogen-bond acceptors (Lipinski definition) is 2. The van der Waals surface area contributed by atoms with Crippen LogP contribution in [-0.4, -0.2) is 30.3 Å². The van der Waals surface area contributed by atoms with Gasteiger partial charge in [-0.1, -0.05) is 63.1 Å². The fraction of sp³-hybridized carbons (Fsp3) is 0.640. The largest absolute Gasteiger partial charge is 0.303 e.